The van der Waals surface area contributed by atoms with E-state index in [1.807, 2.05) is 16.4 Å². The molecular weight excluding hydrogens is 583 g/mol. The number of nitrogens with one attached hydrogen (secondary N) is 1. The molecule has 1 saturated carbocycles. The Labute approximate surface area is 252 Å². The van der Waals surface area contributed by atoms with Gasteiger partial charge in [-0.15, -0.1) is 0 Å². The third kappa shape index (κ3) is 8.80. The zero-order chi connectivity index (χ0) is 32.2. The normalized spacial score (nSPS) is 18.5. The largest absolute Gasteiger partial charge is 0.417 e. The number of nitrogens with zero attached hydrogens (tertiary/aromatic N) is 2. The van der Waals surface area contributed by atoms with Gasteiger partial charge in [-0.2, -0.15) is 22.8 Å². The van der Waals surface area contributed by atoms with Gasteiger partial charge in [0.25, 0.3) is 5.91 Å². The van der Waals surface area contributed by atoms with Crippen molar-refractivity contribution in [2.24, 2.45) is 11.8 Å². The first kappa shape index (κ1) is 34.5. The van der Waals surface area contributed by atoms with E-state index in [-0.39, 0.29) is 17.6 Å². The van der Waals surface area contributed by atoms with Crippen molar-refractivity contribution in [3.8, 4) is 11.3 Å². The Morgan fingerprint density at radius 1 is 1.02 bits per heavy atom. The molecule has 12 heteroatoms. The Morgan fingerprint density at radius 2 is 1.65 bits per heavy atom. The van der Waals surface area contributed by atoms with E-state index in [4.69, 9.17) is 9.59 Å². The summed E-state index contributed by atoms with van der Waals surface area (Å²) in [7, 11) is -4.44. The molecule has 8 nitrogen and oxygen atoms in total. The third-order valence-electron chi connectivity index (χ3n) is 8.02. The average Bonchev–Trinajstić information content (AvgIpc) is 3.22. The lowest BCUT2D eigenvalue weighted by atomic mass is 9.89. The summed E-state index contributed by atoms with van der Waals surface area (Å²) >= 11 is 0. The fourth-order valence-electron chi connectivity index (χ4n) is 6.11. The Morgan fingerprint density at radius 3 is 2.21 bits per heavy atom. The summed E-state index contributed by atoms with van der Waals surface area (Å²) in [6.07, 6.45) is 2.83. The zero-order valence-corrected chi connectivity index (χ0v) is 26.3. The predicted molar refractivity (Wildman–Crippen MR) is 156 cm³/mol. The van der Waals surface area contributed by atoms with Crippen LogP contribution >= 0.6 is 0 Å². The lowest BCUT2D eigenvalue weighted by molar-refractivity contribution is -0.191. The first-order valence-electron chi connectivity index (χ1n) is 14.7. The van der Waals surface area contributed by atoms with Crippen LogP contribution in [0.25, 0.3) is 11.3 Å². The van der Waals surface area contributed by atoms with E-state index in [2.05, 4.69) is 11.6 Å². The second-order valence-corrected chi connectivity index (χ2v) is 14.4. The molecule has 0 spiro atoms. The Hall–Kier alpha value is -2.95. The number of benzene rings is 1. The van der Waals surface area contributed by atoms with Crippen molar-refractivity contribution in [1.29, 1.82) is 0 Å². The van der Waals surface area contributed by atoms with Crippen LogP contribution in [0.1, 0.15) is 94.3 Å². The second-order valence-electron chi connectivity index (χ2n) is 12.8. The molecule has 2 aromatic rings. The van der Waals surface area contributed by atoms with Crippen molar-refractivity contribution in [1.82, 2.24) is 14.2 Å². The molecule has 2 aliphatic rings. The average molecular weight is 626 g/mol. The minimum absolute atomic E-state index is 0.0997. The molecule has 1 unspecified atom stereocenters. The molecule has 4 rings (SSSR count). The van der Waals surface area contributed by atoms with E-state index in [9.17, 15) is 26.4 Å². The number of aromatic nitrogens is 1. The number of piperidine rings is 1. The van der Waals surface area contributed by atoms with Gasteiger partial charge in [0.05, 0.1) is 16.0 Å². The molecule has 1 aliphatic carbocycles. The van der Waals surface area contributed by atoms with E-state index in [0.717, 1.165) is 56.4 Å². The summed E-state index contributed by atoms with van der Waals surface area (Å²) in [5.41, 5.74) is -0.180. The van der Waals surface area contributed by atoms with Gasteiger partial charge in [-0.1, -0.05) is 32.3 Å². The first-order chi connectivity index (χ1) is 20.0. The van der Waals surface area contributed by atoms with E-state index in [0.29, 0.717) is 42.7 Å². The third-order valence-corrected chi connectivity index (χ3v) is 9.83. The first-order valence-corrected chi connectivity index (χ1v) is 16.2. The van der Waals surface area contributed by atoms with Crippen molar-refractivity contribution in [2.75, 3.05) is 13.1 Å². The monoisotopic (exact) mass is 625 g/mol. The molecular formula is C31H42F3N3O5S. The Balaban J connectivity index is 0.00000162. The number of carbonyl (C=O) groups excluding carboxylic acids is 3. The molecule has 2 heterocycles. The number of hydrogen-bond donors (Lipinski definition) is 1. The second kappa shape index (κ2) is 13.8. The highest BCUT2D eigenvalue weighted by Crippen LogP contribution is 2.39. The van der Waals surface area contributed by atoms with Crippen LogP contribution in [0.15, 0.2) is 29.2 Å². The van der Waals surface area contributed by atoms with Gasteiger partial charge in [0.1, 0.15) is 0 Å². The smallest absolute Gasteiger partial charge is 0.344 e. The number of likely N-dealkylation sites (tertiary alicyclic amines) is 1. The van der Waals surface area contributed by atoms with E-state index in [1.54, 1.807) is 26.8 Å². The Bertz CT molecular complexity index is 1430. The van der Waals surface area contributed by atoms with Gasteiger partial charge in [0.2, 0.25) is 10.0 Å². The lowest BCUT2D eigenvalue weighted by Crippen LogP contribution is -2.41. The van der Waals surface area contributed by atoms with Gasteiger partial charge in [-0.05, 0) is 89.0 Å². The quantitative estimate of drug-likeness (QED) is 0.399. The molecule has 1 saturated heterocycles. The van der Waals surface area contributed by atoms with Gasteiger partial charge in [-0.25, -0.2) is 13.1 Å². The molecule has 43 heavy (non-hydrogen) atoms. The van der Waals surface area contributed by atoms with Crippen LogP contribution in [0.5, 0.6) is 0 Å². The molecule has 1 aromatic heterocycles. The lowest BCUT2D eigenvalue weighted by Gasteiger charge is -2.31. The SMILES string of the molecule is Cc1c(C(=O)N2CCCC(C)C2)cc(-c2ccc(S(=O)(=O)NC(C)(C)C)c(C(F)(F)F)c2)n1CC1CCCCC1.O=C=O. The zero-order valence-electron chi connectivity index (χ0n) is 25.5. The summed E-state index contributed by atoms with van der Waals surface area (Å²) in [5, 5.41) is 0. The van der Waals surface area contributed by atoms with Crippen molar-refractivity contribution in [2.45, 2.75) is 103 Å². The number of amides is 1. The molecule has 0 bridgehead atoms. The van der Waals surface area contributed by atoms with Gasteiger partial charge >= 0.3 is 12.3 Å². The maximum atomic E-state index is 14.3. The van der Waals surface area contributed by atoms with Crippen LogP contribution < -0.4 is 4.72 Å². The van der Waals surface area contributed by atoms with Gasteiger partial charge < -0.3 is 9.47 Å². The maximum absolute atomic E-state index is 14.3. The van der Waals surface area contributed by atoms with E-state index >= 15 is 0 Å². The Kier molecular flexibility index (Phi) is 11.1. The van der Waals surface area contributed by atoms with E-state index in [1.165, 1.54) is 12.5 Å². The number of carbonyl (C=O) groups is 1. The van der Waals surface area contributed by atoms with Crippen LogP contribution in [-0.4, -0.2) is 48.6 Å². The minimum Gasteiger partial charge on any atom is -0.344 e. The predicted octanol–water partition coefficient (Wildman–Crippen LogP) is 6.43. The number of halogens is 3. The summed E-state index contributed by atoms with van der Waals surface area (Å²) < 4.78 is 73.2. The number of alkyl halides is 3. The highest BCUT2D eigenvalue weighted by molar-refractivity contribution is 7.89. The summed E-state index contributed by atoms with van der Waals surface area (Å²) in [4.78, 5) is 30.9. The standard InChI is InChI=1S/C30H42F3N3O3S.CO2/c1-20-10-9-15-35(18-20)28(37)24-17-26(36(21(24)2)19-22-11-7-6-8-12-22)23-13-14-27(25(16-23)30(31,32)33)40(38,39)34-29(3,4)5;2-1-3/h13-14,16-17,20,22,34H,6-12,15,18-19H2,1-5H3;. The van der Waals surface area contributed by atoms with Gasteiger partial charge in [0.15, 0.2) is 0 Å². The van der Waals surface area contributed by atoms with Crippen LogP contribution in [0, 0.1) is 18.8 Å². The van der Waals surface area contributed by atoms with Gasteiger partial charge in [0, 0.05) is 36.6 Å². The summed E-state index contributed by atoms with van der Waals surface area (Å²) in [5.74, 6) is 0.666. The molecule has 1 aliphatic heterocycles. The number of hydrogen-bond acceptors (Lipinski definition) is 5. The van der Waals surface area contributed by atoms with Crippen molar-refractivity contribution in [3.05, 3.63) is 41.1 Å². The van der Waals surface area contributed by atoms with Crippen LogP contribution in [0.3, 0.4) is 0 Å². The topological polar surface area (TPSA) is 106 Å². The van der Waals surface area contributed by atoms with Crippen LogP contribution in [0.2, 0.25) is 0 Å². The molecule has 238 valence electrons. The fourth-order valence-corrected chi connectivity index (χ4v) is 7.74. The molecule has 1 amide bonds. The minimum atomic E-state index is -4.89. The van der Waals surface area contributed by atoms with Crippen LogP contribution in [-0.2, 0) is 32.3 Å². The highest BCUT2D eigenvalue weighted by atomic mass is 32.2. The molecule has 1 N–H and O–H groups in total. The molecule has 0 radical (unpaired) electrons. The molecule has 1 atom stereocenters. The van der Waals surface area contributed by atoms with E-state index < -0.39 is 32.2 Å². The summed E-state index contributed by atoms with van der Waals surface area (Å²) in [6.45, 7) is 10.7. The fraction of sp³-hybridized carbons (Fsp3) is 0.613. The molecule has 2 fully saturated rings. The van der Waals surface area contributed by atoms with Crippen LogP contribution in [0.4, 0.5) is 13.2 Å². The van der Waals surface area contributed by atoms with Gasteiger partial charge in [-0.3, -0.25) is 4.79 Å². The summed E-state index contributed by atoms with van der Waals surface area (Å²) in [6, 6.07) is 5.08. The van der Waals surface area contributed by atoms with Crippen molar-refractivity contribution >= 4 is 22.1 Å². The maximum Gasteiger partial charge on any atom is 0.417 e. The highest BCUT2D eigenvalue weighted by Gasteiger charge is 2.39. The molecule has 1 aromatic carbocycles. The van der Waals surface area contributed by atoms with Crippen molar-refractivity contribution in [3.63, 3.8) is 0 Å². The van der Waals surface area contributed by atoms with Crippen molar-refractivity contribution < 1.29 is 36.0 Å². The number of rotatable bonds is 6. The number of sulfonamides is 1.